The van der Waals surface area contributed by atoms with E-state index in [1.807, 2.05) is 0 Å². The number of hydrogen-bond acceptors (Lipinski definition) is 3. The minimum absolute atomic E-state index is 0.117. The van der Waals surface area contributed by atoms with Crippen LogP contribution in [0.2, 0.25) is 0 Å². The predicted octanol–water partition coefficient (Wildman–Crippen LogP) is 0.361. The Morgan fingerprint density at radius 1 is 1.31 bits per heavy atom. The molecule has 1 aromatic rings. The van der Waals surface area contributed by atoms with Crippen LogP contribution in [0.3, 0.4) is 0 Å². The van der Waals surface area contributed by atoms with Crippen molar-refractivity contribution in [1.29, 1.82) is 0 Å². The fourth-order valence-electron chi connectivity index (χ4n) is 1.38. The Morgan fingerprint density at radius 2 is 1.88 bits per heavy atom. The maximum atomic E-state index is 11.2. The van der Waals surface area contributed by atoms with E-state index < -0.39 is 27.7 Å². The lowest BCUT2D eigenvalue weighted by Crippen LogP contribution is -2.32. The van der Waals surface area contributed by atoms with Crippen LogP contribution in [-0.2, 0) is 21.2 Å². The normalized spacial score (nSPS) is 13.3. The molecule has 0 saturated carbocycles. The zero-order chi connectivity index (χ0) is 12.2. The first-order chi connectivity index (χ1) is 7.39. The molecule has 5 nitrogen and oxygen atoms in total. The van der Waals surface area contributed by atoms with Gasteiger partial charge in [-0.25, -0.2) is 13.6 Å². The minimum Gasteiger partial charge on any atom is -0.481 e. The Labute approximate surface area is 93.9 Å². The van der Waals surface area contributed by atoms with E-state index in [9.17, 15) is 13.2 Å². The summed E-state index contributed by atoms with van der Waals surface area (Å²) in [7, 11) is -3.84. The van der Waals surface area contributed by atoms with Gasteiger partial charge in [-0.15, -0.1) is 0 Å². The molecule has 0 bridgehead atoms. The smallest absolute Gasteiger partial charge is 0.304 e. The van der Waals surface area contributed by atoms with E-state index in [1.165, 1.54) is 0 Å². The maximum absolute atomic E-state index is 11.2. The number of primary sulfonamides is 1. The number of carbonyl (C=O) groups is 1. The van der Waals surface area contributed by atoms with Crippen LogP contribution in [0, 0.1) is 0 Å². The van der Waals surface area contributed by atoms with Crippen LogP contribution in [-0.4, -0.2) is 24.7 Å². The summed E-state index contributed by atoms with van der Waals surface area (Å²) in [6.45, 7) is 0. The number of carboxylic acids is 1. The Morgan fingerprint density at radius 3 is 2.31 bits per heavy atom. The van der Waals surface area contributed by atoms with Crippen molar-refractivity contribution in [1.82, 2.24) is 0 Å². The van der Waals surface area contributed by atoms with Gasteiger partial charge in [-0.1, -0.05) is 30.3 Å². The molecular formula is C10H13NO4S. The van der Waals surface area contributed by atoms with E-state index in [0.717, 1.165) is 5.56 Å². The average Bonchev–Trinajstić information content (AvgIpc) is 2.16. The molecule has 0 aliphatic carbocycles. The Balaban J connectivity index is 2.84. The third-order valence-electron chi connectivity index (χ3n) is 2.17. The Kier molecular flexibility index (Phi) is 4.03. The van der Waals surface area contributed by atoms with Crippen LogP contribution in [0.1, 0.15) is 12.0 Å². The number of sulfonamides is 1. The summed E-state index contributed by atoms with van der Waals surface area (Å²) in [5.41, 5.74) is 0.753. The second kappa shape index (κ2) is 5.09. The van der Waals surface area contributed by atoms with Crippen LogP contribution in [0.25, 0.3) is 0 Å². The second-order valence-corrected chi connectivity index (χ2v) is 5.34. The molecule has 88 valence electrons. The van der Waals surface area contributed by atoms with Gasteiger partial charge in [0.2, 0.25) is 10.0 Å². The number of aliphatic carboxylic acids is 1. The monoisotopic (exact) mass is 243 g/mol. The molecule has 1 aromatic carbocycles. The molecule has 0 amide bonds. The molecule has 0 radical (unpaired) electrons. The number of benzene rings is 1. The molecule has 3 N–H and O–H groups in total. The molecule has 0 saturated heterocycles. The van der Waals surface area contributed by atoms with Crippen LogP contribution in [0.15, 0.2) is 30.3 Å². The Bertz CT molecular complexity index is 455. The highest BCUT2D eigenvalue weighted by atomic mass is 32.2. The van der Waals surface area contributed by atoms with Crippen molar-refractivity contribution in [3.8, 4) is 0 Å². The lowest BCUT2D eigenvalue weighted by Gasteiger charge is -2.12. The van der Waals surface area contributed by atoms with Gasteiger partial charge in [0.1, 0.15) is 0 Å². The fraction of sp³-hybridized carbons (Fsp3) is 0.300. The maximum Gasteiger partial charge on any atom is 0.304 e. The van der Waals surface area contributed by atoms with Crippen molar-refractivity contribution in [2.45, 2.75) is 18.1 Å². The summed E-state index contributed by atoms with van der Waals surface area (Å²) >= 11 is 0. The summed E-state index contributed by atoms with van der Waals surface area (Å²) in [6.07, 6.45) is -0.361. The van der Waals surface area contributed by atoms with Crippen molar-refractivity contribution < 1.29 is 18.3 Å². The Hall–Kier alpha value is -1.40. The molecule has 1 unspecified atom stereocenters. The van der Waals surface area contributed by atoms with Gasteiger partial charge in [-0.2, -0.15) is 0 Å². The molecule has 0 aromatic heterocycles. The van der Waals surface area contributed by atoms with Crippen LogP contribution in [0.4, 0.5) is 0 Å². The largest absolute Gasteiger partial charge is 0.481 e. The van der Waals surface area contributed by atoms with Gasteiger partial charge in [0.05, 0.1) is 11.7 Å². The molecule has 0 heterocycles. The predicted molar refractivity (Wildman–Crippen MR) is 59.3 cm³/mol. The van der Waals surface area contributed by atoms with Crippen LogP contribution in [0.5, 0.6) is 0 Å². The third-order valence-corrected chi connectivity index (χ3v) is 3.44. The summed E-state index contributed by atoms with van der Waals surface area (Å²) in [5.74, 6) is -1.17. The SMILES string of the molecule is NS(=O)(=O)C(CC(=O)O)Cc1ccccc1. The topological polar surface area (TPSA) is 97.5 Å². The van der Waals surface area contributed by atoms with E-state index in [2.05, 4.69) is 0 Å². The van der Waals surface area contributed by atoms with E-state index in [-0.39, 0.29) is 6.42 Å². The molecule has 16 heavy (non-hydrogen) atoms. The number of hydrogen-bond donors (Lipinski definition) is 2. The molecule has 0 fully saturated rings. The molecule has 1 rings (SSSR count). The van der Waals surface area contributed by atoms with E-state index >= 15 is 0 Å². The van der Waals surface area contributed by atoms with Gasteiger partial charge in [0.25, 0.3) is 0 Å². The molecule has 0 spiro atoms. The highest BCUT2D eigenvalue weighted by Gasteiger charge is 2.24. The highest BCUT2D eigenvalue weighted by Crippen LogP contribution is 2.11. The van der Waals surface area contributed by atoms with E-state index in [4.69, 9.17) is 10.2 Å². The molecule has 6 heteroatoms. The molecule has 0 aliphatic rings. The molecule has 1 atom stereocenters. The van der Waals surface area contributed by atoms with Crippen molar-refractivity contribution in [2.75, 3.05) is 0 Å². The van der Waals surface area contributed by atoms with E-state index in [0.29, 0.717) is 0 Å². The molecular weight excluding hydrogens is 230 g/mol. The summed E-state index contributed by atoms with van der Waals surface area (Å²) in [5, 5.41) is 12.5. The summed E-state index contributed by atoms with van der Waals surface area (Å²) < 4.78 is 22.4. The quantitative estimate of drug-likeness (QED) is 0.780. The van der Waals surface area contributed by atoms with Gasteiger partial charge < -0.3 is 5.11 Å². The highest BCUT2D eigenvalue weighted by molar-refractivity contribution is 7.89. The summed E-state index contributed by atoms with van der Waals surface area (Å²) in [6, 6.07) is 8.79. The first-order valence-corrected chi connectivity index (χ1v) is 6.28. The minimum atomic E-state index is -3.84. The van der Waals surface area contributed by atoms with Crippen molar-refractivity contribution >= 4 is 16.0 Å². The average molecular weight is 243 g/mol. The zero-order valence-corrected chi connectivity index (χ0v) is 9.35. The first kappa shape index (κ1) is 12.7. The second-order valence-electron chi connectivity index (χ2n) is 3.50. The number of nitrogens with two attached hydrogens (primary N) is 1. The van der Waals surface area contributed by atoms with Gasteiger partial charge in [0.15, 0.2) is 0 Å². The van der Waals surface area contributed by atoms with Gasteiger partial charge in [-0.05, 0) is 12.0 Å². The lowest BCUT2D eigenvalue weighted by molar-refractivity contribution is -0.137. The van der Waals surface area contributed by atoms with E-state index in [1.54, 1.807) is 30.3 Å². The van der Waals surface area contributed by atoms with Gasteiger partial charge in [-0.3, -0.25) is 4.79 Å². The lowest BCUT2D eigenvalue weighted by atomic mass is 10.1. The van der Waals surface area contributed by atoms with Gasteiger partial charge >= 0.3 is 5.97 Å². The van der Waals surface area contributed by atoms with Crippen LogP contribution < -0.4 is 5.14 Å². The first-order valence-electron chi connectivity index (χ1n) is 4.67. The fourth-order valence-corrected chi connectivity index (χ4v) is 2.18. The van der Waals surface area contributed by atoms with Gasteiger partial charge in [0, 0.05) is 0 Å². The van der Waals surface area contributed by atoms with Crippen molar-refractivity contribution in [3.63, 3.8) is 0 Å². The van der Waals surface area contributed by atoms with Crippen molar-refractivity contribution in [3.05, 3.63) is 35.9 Å². The third kappa shape index (κ3) is 4.00. The zero-order valence-electron chi connectivity index (χ0n) is 8.54. The van der Waals surface area contributed by atoms with Crippen molar-refractivity contribution in [2.24, 2.45) is 5.14 Å². The summed E-state index contributed by atoms with van der Waals surface area (Å²) in [4.78, 5) is 10.5. The number of carboxylic acid groups (broad SMARTS) is 1. The number of rotatable bonds is 5. The molecule has 0 aliphatic heterocycles. The van der Waals surface area contributed by atoms with Crippen LogP contribution >= 0.6 is 0 Å². The standard InChI is InChI=1S/C10H13NO4S/c11-16(14,15)9(7-10(12)13)6-8-4-2-1-3-5-8/h1-5,9H,6-7H2,(H,12,13)(H2,11,14,15).